The number of hydrogen-bond donors (Lipinski definition) is 0. The highest BCUT2D eigenvalue weighted by Crippen LogP contribution is 2.15. The normalized spacial score (nSPS) is 13.4. The number of rotatable bonds is 1. The summed E-state index contributed by atoms with van der Waals surface area (Å²) in [5.41, 5.74) is 1.09. The van der Waals surface area contributed by atoms with Crippen LogP contribution in [0.2, 0.25) is 0 Å². The van der Waals surface area contributed by atoms with E-state index in [1.807, 2.05) is 42.1 Å². The second-order valence-corrected chi connectivity index (χ2v) is 2.89. The van der Waals surface area contributed by atoms with Crippen LogP contribution >= 0.6 is 0 Å². The SMILES string of the molecule is [B]C(C)n1ncc2ccccc21. The zero-order valence-corrected chi connectivity index (χ0v) is 6.94. The fourth-order valence-corrected chi connectivity index (χ4v) is 1.32. The average Bonchev–Trinajstić information content (AvgIpc) is 2.47. The molecule has 0 saturated heterocycles. The van der Waals surface area contributed by atoms with Crippen molar-refractivity contribution < 1.29 is 0 Å². The molecule has 0 aliphatic rings. The summed E-state index contributed by atoms with van der Waals surface area (Å²) in [6.07, 6.45) is 1.83. The van der Waals surface area contributed by atoms with Gasteiger partial charge in [0.1, 0.15) is 7.85 Å². The van der Waals surface area contributed by atoms with Crippen LogP contribution in [0.3, 0.4) is 0 Å². The Morgan fingerprint density at radius 3 is 2.92 bits per heavy atom. The molecule has 0 spiro atoms. The van der Waals surface area contributed by atoms with Crippen LogP contribution in [0.1, 0.15) is 12.9 Å². The lowest BCUT2D eigenvalue weighted by molar-refractivity contribution is 0.655. The molecule has 2 radical (unpaired) electrons. The van der Waals surface area contributed by atoms with Crippen LogP contribution in [-0.2, 0) is 0 Å². The van der Waals surface area contributed by atoms with Gasteiger partial charge >= 0.3 is 0 Å². The third-order valence-corrected chi connectivity index (χ3v) is 1.89. The van der Waals surface area contributed by atoms with Gasteiger partial charge in [0.05, 0.1) is 11.7 Å². The van der Waals surface area contributed by atoms with Gasteiger partial charge in [0.25, 0.3) is 0 Å². The van der Waals surface area contributed by atoms with Crippen molar-refractivity contribution in [3.63, 3.8) is 0 Å². The maximum Gasteiger partial charge on any atom is 0.102 e. The topological polar surface area (TPSA) is 17.8 Å². The van der Waals surface area contributed by atoms with E-state index in [-0.39, 0.29) is 5.94 Å². The summed E-state index contributed by atoms with van der Waals surface area (Å²) in [6, 6.07) is 8.03. The molecule has 1 aromatic carbocycles. The molecule has 0 aliphatic heterocycles. The van der Waals surface area contributed by atoms with Gasteiger partial charge in [0, 0.05) is 11.3 Å². The maximum absolute atomic E-state index is 5.72. The number of nitrogens with zero attached hydrogens (tertiary/aromatic N) is 2. The smallest absolute Gasteiger partial charge is 0.102 e. The second-order valence-electron chi connectivity index (χ2n) is 2.89. The second kappa shape index (κ2) is 2.66. The highest BCUT2D eigenvalue weighted by molar-refractivity contribution is 6.10. The molecular formula is C9H9BN2. The summed E-state index contributed by atoms with van der Waals surface area (Å²) in [6.45, 7) is 1.92. The van der Waals surface area contributed by atoms with E-state index in [9.17, 15) is 0 Å². The standard InChI is InChI=1S/C9H9BN2/c1-7(10)12-9-5-3-2-4-8(9)6-11-12/h2-7H,1H3. The van der Waals surface area contributed by atoms with Gasteiger partial charge in [0.2, 0.25) is 0 Å². The Labute approximate surface area is 72.6 Å². The van der Waals surface area contributed by atoms with Gasteiger partial charge < -0.3 is 0 Å². The van der Waals surface area contributed by atoms with Crippen molar-refractivity contribution in [1.82, 2.24) is 9.78 Å². The molecule has 0 amide bonds. The third kappa shape index (κ3) is 1.02. The quantitative estimate of drug-likeness (QED) is 0.574. The Hall–Kier alpha value is -1.25. The number of fused-ring (bicyclic) bond motifs is 1. The zero-order valence-electron chi connectivity index (χ0n) is 6.94. The lowest BCUT2D eigenvalue weighted by Crippen LogP contribution is -2.05. The first-order valence-electron chi connectivity index (χ1n) is 3.97. The lowest BCUT2D eigenvalue weighted by atomic mass is 9.99. The molecule has 12 heavy (non-hydrogen) atoms. The molecule has 2 rings (SSSR count). The fourth-order valence-electron chi connectivity index (χ4n) is 1.32. The van der Waals surface area contributed by atoms with E-state index in [4.69, 9.17) is 7.85 Å². The van der Waals surface area contributed by atoms with E-state index < -0.39 is 0 Å². The first-order valence-corrected chi connectivity index (χ1v) is 3.97. The number of aromatic nitrogens is 2. The van der Waals surface area contributed by atoms with Crippen LogP contribution < -0.4 is 0 Å². The zero-order chi connectivity index (χ0) is 8.55. The molecule has 0 bridgehead atoms. The van der Waals surface area contributed by atoms with Crippen LogP contribution in [0.4, 0.5) is 0 Å². The van der Waals surface area contributed by atoms with Gasteiger partial charge in [-0.05, 0) is 6.07 Å². The first kappa shape index (κ1) is 7.41. The molecule has 1 atom stereocenters. The lowest BCUT2D eigenvalue weighted by Gasteiger charge is -2.06. The molecular weight excluding hydrogens is 147 g/mol. The molecule has 0 fully saturated rings. The van der Waals surface area contributed by atoms with Crippen molar-refractivity contribution in [2.24, 2.45) is 0 Å². The molecule has 1 unspecified atom stereocenters. The Kier molecular flexibility index (Phi) is 1.64. The van der Waals surface area contributed by atoms with Gasteiger partial charge in [-0.15, -0.1) is 0 Å². The van der Waals surface area contributed by atoms with Crippen LogP contribution in [0.25, 0.3) is 10.9 Å². The minimum Gasteiger partial charge on any atom is -0.271 e. The first-order chi connectivity index (χ1) is 5.79. The Morgan fingerprint density at radius 1 is 1.42 bits per heavy atom. The van der Waals surface area contributed by atoms with E-state index in [0.717, 1.165) is 10.9 Å². The maximum atomic E-state index is 5.72. The van der Waals surface area contributed by atoms with Crippen molar-refractivity contribution in [3.05, 3.63) is 30.5 Å². The minimum atomic E-state index is -0.0649. The molecule has 3 heteroatoms. The van der Waals surface area contributed by atoms with E-state index in [1.165, 1.54) is 0 Å². The summed E-state index contributed by atoms with van der Waals surface area (Å²) in [5.74, 6) is -0.0649. The summed E-state index contributed by atoms with van der Waals surface area (Å²) >= 11 is 0. The number of para-hydroxylation sites is 1. The summed E-state index contributed by atoms with van der Waals surface area (Å²) in [4.78, 5) is 0. The largest absolute Gasteiger partial charge is 0.271 e. The Balaban J connectivity index is 2.70. The van der Waals surface area contributed by atoms with Crippen molar-refractivity contribution >= 4 is 18.7 Å². The highest BCUT2D eigenvalue weighted by Gasteiger charge is 2.02. The van der Waals surface area contributed by atoms with Crippen LogP contribution in [0.5, 0.6) is 0 Å². The number of benzene rings is 1. The Morgan fingerprint density at radius 2 is 2.17 bits per heavy atom. The number of hydrogen-bond acceptors (Lipinski definition) is 1. The van der Waals surface area contributed by atoms with Gasteiger partial charge in [-0.1, -0.05) is 25.1 Å². The van der Waals surface area contributed by atoms with E-state index in [2.05, 4.69) is 5.10 Å². The predicted octanol–water partition coefficient (Wildman–Crippen LogP) is 1.72. The summed E-state index contributed by atoms with van der Waals surface area (Å²) < 4.78 is 1.81. The molecule has 2 aromatic rings. The van der Waals surface area contributed by atoms with Crippen LogP contribution in [0, 0.1) is 0 Å². The van der Waals surface area contributed by atoms with Crippen molar-refractivity contribution in [1.29, 1.82) is 0 Å². The van der Waals surface area contributed by atoms with Gasteiger partial charge in [-0.3, -0.25) is 4.68 Å². The highest BCUT2D eigenvalue weighted by atomic mass is 15.3. The molecule has 0 saturated carbocycles. The predicted molar refractivity (Wildman–Crippen MR) is 50.2 cm³/mol. The molecule has 1 heterocycles. The summed E-state index contributed by atoms with van der Waals surface area (Å²) in [7, 11) is 5.72. The van der Waals surface area contributed by atoms with Crippen LogP contribution in [-0.4, -0.2) is 17.6 Å². The van der Waals surface area contributed by atoms with E-state index >= 15 is 0 Å². The van der Waals surface area contributed by atoms with E-state index in [1.54, 1.807) is 0 Å². The minimum absolute atomic E-state index is 0.0649. The summed E-state index contributed by atoms with van der Waals surface area (Å²) in [5, 5.41) is 5.32. The molecule has 0 N–H and O–H groups in total. The fraction of sp³-hybridized carbons (Fsp3) is 0.222. The molecule has 0 aliphatic carbocycles. The Bertz CT molecular complexity index is 392. The van der Waals surface area contributed by atoms with Crippen molar-refractivity contribution in [2.45, 2.75) is 12.9 Å². The van der Waals surface area contributed by atoms with Crippen molar-refractivity contribution in [3.8, 4) is 0 Å². The third-order valence-electron chi connectivity index (χ3n) is 1.89. The van der Waals surface area contributed by atoms with Gasteiger partial charge in [0.15, 0.2) is 0 Å². The van der Waals surface area contributed by atoms with Gasteiger partial charge in [-0.25, -0.2) is 0 Å². The van der Waals surface area contributed by atoms with E-state index in [0.29, 0.717) is 0 Å². The van der Waals surface area contributed by atoms with Crippen molar-refractivity contribution in [2.75, 3.05) is 0 Å². The average molecular weight is 156 g/mol. The monoisotopic (exact) mass is 156 g/mol. The molecule has 1 aromatic heterocycles. The molecule has 2 nitrogen and oxygen atoms in total. The molecule has 58 valence electrons. The van der Waals surface area contributed by atoms with Crippen LogP contribution in [0.15, 0.2) is 30.5 Å². The van der Waals surface area contributed by atoms with Gasteiger partial charge in [-0.2, -0.15) is 5.10 Å².